The number of pyridine rings is 1. The number of halogens is 1. The summed E-state index contributed by atoms with van der Waals surface area (Å²) in [5.74, 6) is -0.536. The predicted molar refractivity (Wildman–Crippen MR) is 149 cm³/mol. The number of fused-ring (bicyclic) bond motifs is 1. The molecular formula is C29H31ClN4O4. The Balaban J connectivity index is 1.86. The van der Waals surface area contributed by atoms with Crippen molar-refractivity contribution in [2.45, 2.75) is 33.7 Å². The molecule has 0 unspecified atom stereocenters. The molecule has 1 amide bonds. The number of nitrogens with one attached hydrogen (secondary N) is 1. The monoisotopic (exact) mass is 534 g/mol. The van der Waals surface area contributed by atoms with Crippen LogP contribution >= 0.6 is 11.6 Å². The molecule has 8 nitrogen and oxygen atoms in total. The van der Waals surface area contributed by atoms with E-state index >= 15 is 0 Å². The number of hydrogen-bond acceptors (Lipinski definition) is 5. The maximum atomic E-state index is 13.8. The minimum Gasteiger partial charge on any atom is -0.396 e. The van der Waals surface area contributed by atoms with Crippen LogP contribution in [0.3, 0.4) is 0 Å². The molecule has 9 heteroatoms. The van der Waals surface area contributed by atoms with Crippen LogP contribution in [0.1, 0.15) is 53.9 Å². The average Bonchev–Trinajstić information content (AvgIpc) is 3.28. The first-order valence-electron chi connectivity index (χ1n) is 12.4. The smallest absolute Gasteiger partial charge is 0.269 e. The molecule has 0 bridgehead atoms. The van der Waals surface area contributed by atoms with Crippen LogP contribution in [-0.4, -0.2) is 44.3 Å². The number of amides is 1. The number of nitrogens with zero attached hydrogens (tertiary/aromatic N) is 3. The van der Waals surface area contributed by atoms with Gasteiger partial charge in [-0.25, -0.2) is 0 Å². The molecule has 198 valence electrons. The fourth-order valence-corrected chi connectivity index (χ4v) is 4.54. The summed E-state index contributed by atoms with van der Waals surface area (Å²) in [5.41, 5.74) is 1.66. The quantitative estimate of drug-likeness (QED) is 0.309. The van der Waals surface area contributed by atoms with E-state index < -0.39 is 5.41 Å². The number of aryl methyl sites for hydroxylation is 1. The van der Waals surface area contributed by atoms with E-state index in [4.69, 9.17) is 11.6 Å². The topological polar surface area (TPSA) is 106 Å². The Bertz CT molecular complexity index is 1570. The molecule has 0 fully saturated rings. The molecule has 38 heavy (non-hydrogen) atoms. The molecule has 0 radical (unpaired) electrons. The molecule has 0 saturated heterocycles. The second-order valence-electron chi connectivity index (χ2n) is 10.1. The molecular weight excluding hydrogens is 504 g/mol. The largest absolute Gasteiger partial charge is 0.396 e. The van der Waals surface area contributed by atoms with Crippen LogP contribution in [0.15, 0.2) is 59.4 Å². The zero-order valence-corrected chi connectivity index (χ0v) is 22.7. The minimum absolute atomic E-state index is 0.00155. The van der Waals surface area contributed by atoms with Gasteiger partial charge in [-0.3, -0.25) is 23.6 Å². The predicted octanol–water partition coefficient (Wildman–Crippen LogP) is 4.44. The third-order valence-electron chi connectivity index (χ3n) is 6.52. The summed E-state index contributed by atoms with van der Waals surface area (Å²) in [6.07, 6.45) is 0.196. The Morgan fingerprint density at radius 3 is 2.45 bits per heavy atom. The van der Waals surface area contributed by atoms with Crippen molar-refractivity contribution < 1.29 is 14.7 Å². The van der Waals surface area contributed by atoms with Crippen molar-refractivity contribution in [1.82, 2.24) is 19.7 Å². The van der Waals surface area contributed by atoms with Gasteiger partial charge in [-0.2, -0.15) is 5.10 Å². The van der Waals surface area contributed by atoms with Gasteiger partial charge in [-0.15, -0.1) is 0 Å². The lowest BCUT2D eigenvalue weighted by Gasteiger charge is -2.21. The lowest BCUT2D eigenvalue weighted by molar-refractivity contribution is 0.0901. The molecule has 4 aromatic rings. The number of benzene rings is 2. The fraction of sp³-hybridized carbons (Fsp3) is 0.310. The third-order valence-corrected chi connectivity index (χ3v) is 6.75. The molecule has 2 aromatic heterocycles. The first-order valence-corrected chi connectivity index (χ1v) is 12.8. The number of Topliss-reactive ketones (excluding diaryl/α,β-unsaturated/α-hetero) is 1. The number of aromatic nitrogens is 3. The fourth-order valence-electron chi connectivity index (χ4n) is 4.37. The van der Waals surface area contributed by atoms with Gasteiger partial charge >= 0.3 is 0 Å². The summed E-state index contributed by atoms with van der Waals surface area (Å²) >= 11 is 6.32. The van der Waals surface area contributed by atoms with Crippen molar-refractivity contribution in [3.05, 3.63) is 87.1 Å². The number of ketones is 1. The summed E-state index contributed by atoms with van der Waals surface area (Å²) in [4.78, 5) is 40.0. The van der Waals surface area contributed by atoms with E-state index in [9.17, 15) is 19.5 Å². The molecule has 0 saturated carbocycles. The highest BCUT2D eigenvalue weighted by Gasteiger charge is 2.24. The van der Waals surface area contributed by atoms with Gasteiger partial charge in [-0.1, -0.05) is 62.7 Å². The summed E-state index contributed by atoms with van der Waals surface area (Å²) in [7, 11) is 1.65. The lowest BCUT2D eigenvalue weighted by Crippen LogP contribution is -2.36. The number of aliphatic hydroxyl groups excluding tert-OH is 1. The zero-order valence-electron chi connectivity index (χ0n) is 21.9. The van der Waals surface area contributed by atoms with Crippen LogP contribution < -0.4 is 10.9 Å². The summed E-state index contributed by atoms with van der Waals surface area (Å²) in [6, 6.07) is 16.1. The van der Waals surface area contributed by atoms with Crippen molar-refractivity contribution in [3.63, 3.8) is 0 Å². The van der Waals surface area contributed by atoms with Gasteiger partial charge in [-0.05, 0) is 35.2 Å². The number of rotatable bonds is 9. The van der Waals surface area contributed by atoms with Gasteiger partial charge in [0.1, 0.15) is 5.69 Å². The number of carbonyl (C=O) groups excluding carboxylic acids is 2. The second kappa shape index (κ2) is 10.9. The summed E-state index contributed by atoms with van der Waals surface area (Å²) < 4.78 is 2.89. The minimum atomic E-state index is -0.471. The van der Waals surface area contributed by atoms with Crippen molar-refractivity contribution in [3.8, 4) is 11.1 Å². The van der Waals surface area contributed by atoms with Crippen LogP contribution in [0.25, 0.3) is 21.9 Å². The molecule has 4 rings (SSSR count). The average molecular weight is 535 g/mol. The highest BCUT2D eigenvalue weighted by Crippen LogP contribution is 2.33. The van der Waals surface area contributed by atoms with E-state index in [1.54, 1.807) is 38.2 Å². The normalized spacial score (nSPS) is 11.6. The lowest BCUT2D eigenvalue weighted by atomic mass is 9.94. The number of carbonyl (C=O) groups is 2. The summed E-state index contributed by atoms with van der Waals surface area (Å²) in [5, 5.41) is 18.3. The third kappa shape index (κ3) is 5.42. The van der Waals surface area contributed by atoms with Crippen molar-refractivity contribution in [1.29, 1.82) is 0 Å². The van der Waals surface area contributed by atoms with E-state index in [-0.39, 0.29) is 49.1 Å². The van der Waals surface area contributed by atoms with Crippen LogP contribution in [0, 0.1) is 5.41 Å². The summed E-state index contributed by atoms with van der Waals surface area (Å²) in [6.45, 7) is 5.66. The maximum Gasteiger partial charge on any atom is 0.269 e. The van der Waals surface area contributed by atoms with Crippen LogP contribution in [0.2, 0.25) is 5.02 Å². The van der Waals surface area contributed by atoms with Gasteiger partial charge in [0.25, 0.3) is 11.5 Å². The van der Waals surface area contributed by atoms with Gasteiger partial charge in [0.05, 0.1) is 17.9 Å². The highest BCUT2D eigenvalue weighted by molar-refractivity contribution is 6.31. The maximum absolute atomic E-state index is 13.8. The Morgan fingerprint density at radius 2 is 1.79 bits per heavy atom. The van der Waals surface area contributed by atoms with Gasteiger partial charge in [0.2, 0.25) is 0 Å². The molecule has 2 aromatic carbocycles. The van der Waals surface area contributed by atoms with E-state index in [2.05, 4.69) is 10.4 Å². The Morgan fingerprint density at radius 1 is 1.08 bits per heavy atom. The SMILES string of the molecule is CCC(=O)c1c(-c2ccccc2)c2cc(Cl)ccc2c(=O)n1Cc1cc(C(=O)NCC(C)(C)CO)n(C)n1. The molecule has 0 atom stereocenters. The standard InChI is InChI=1S/C29H31ClN4O4/c1-5-24(36)26-25(18-9-7-6-8-10-18)22-13-19(30)11-12-21(22)28(38)34(26)15-20-14-23(33(4)32-20)27(37)31-16-29(2,3)17-35/h6-14,35H,5,15-17H2,1-4H3,(H,31,37). The van der Waals surface area contributed by atoms with E-state index in [1.165, 1.54) is 9.25 Å². The number of aliphatic hydroxyl groups is 1. The van der Waals surface area contributed by atoms with Gasteiger partial charge < -0.3 is 10.4 Å². The van der Waals surface area contributed by atoms with Gasteiger partial charge in [0, 0.05) is 48.0 Å². The molecule has 0 aliphatic rings. The van der Waals surface area contributed by atoms with Gasteiger partial charge in [0.15, 0.2) is 5.78 Å². The van der Waals surface area contributed by atoms with Crippen LogP contribution in [0.5, 0.6) is 0 Å². The Labute approximate surface area is 225 Å². The molecule has 0 aliphatic heterocycles. The highest BCUT2D eigenvalue weighted by atomic mass is 35.5. The molecule has 0 spiro atoms. The first kappa shape index (κ1) is 27.3. The second-order valence-corrected chi connectivity index (χ2v) is 10.5. The Hall–Kier alpha value is -3.75. The van der Waals surface area contributed by atoms with Crippen molar-refractivity contribution in [2.75, 3.05) is 13.2 Å². The first-order chi connectivity index (χ1) is 18.1. The van der Waals surface area contributed by atoms with Crippen molar-refractivity contribution in [2.24, 2.45) is 12.5 Å². The van der Waals surface area contributed by atoms with Crippen LogP contribution in [-0.2, 0) is 13.6 Å². The van der Waals surface area contributed by atoms with Crippen molar-refractivity contribution >= 4 is 34.1 Å². The number of hydrogen-bond donors (Lipinski definition) is 2. The van der Waals surface area contributed by atoms with Crippen LogP contribution in [0.4, 0.5) is 0 Å². The van der Waals surface area contributed by atoms with E-state index in [0.717, 1.165) is 5.56 Å². The van der Waals surface area contributed by atoms with E-state index in [1.807, 2.05) is 44.2 Å². The Kier molecular flexibility index (Phi) is 7.85. The molecule has 2 heterocycles. The molecule has 0 aliphatic carbocycles. The molecule has 2 N–H and O–H groups in total. The zero-order chi connectivity index (χ0) is 27.6. The van der Waals surface area contributed by atoms with E-state index in [0.29, 0.717) is 32.7 Å².